The van der Waals surface area contributed by atoms with Crippen molar-refractivity contribution in [3.8, 4) is 0 Å². The highest BCUT2D eigenvalue weighted by molar-refractivity contribution is 7.10. The molecule has 0 saturated carbocycles. The van der Waals surface area contributed by atoms with Crippen molar-refractivity contribution in [3.63, 3.8) is 0 Å². The van der Waals surface area contributed by atoms with E-state index in [0.29, 0.717) is 33.0 Å². The quantitative estimate of drug-likeness (QED) is 0.468. The number of benzene rings is 2. The minimum atomic E-state index is -0.296. The molecule has 0 fully saturated rings. The predicted octanol–water partition coefficient (Wildman–Crippen LogP) is 4.40. The molecule has 0 spiro atoms. The van der Waals surface area contributed by atoms with Gasteiger partial charge in [-0.2, -0.15) is 0 Å². The lowest BCUT2D eigenvalue weighted by atomic mass is 9.99. The highest BCUT2D eigenvalue weighted by Gasteiger charge is 2.18. The standard InChI is InChI=1S/C21H16ClN3O2S/c1-12-7-8-14(9-13(12)2)19(26)16-10-25(11-17-21(22)28-24-23-17)18-6-4-3-5-15(18)20(16)27/h3-10H,11H2,1-2H3. The third kappa shape index (κ3) is 3.25. The number of carbonyl (C=O) groups is 1. The Hall–Kier alpha value is -2.83. The van der Waals surface area contributed by atoms with E-state index in [1.807, 2.05) is 42.7 Å². The summed E-state index contributed by atoms with van der Waals surface area (Å²) < 4.78 is 6.17. The summed E-state index contributed by atoms with van der Waals surface area (Å²) in [4.78, 5) is 26.2. The number of carbonyl (C=O) groups excluding carboxylic acids is 1. The number of hydrogen-bond acceptors (Lipinski definition) is 5. The number of fused-ring (bicyclic) bond motifs is 1. The Morgan fingerprint density at radius 3 is 2.64 bits per heavy atom. The SMILES string of the molecule is Cc1ccc(C(=O)c2cn(Cc3nnsc3Cl)c3ccccc3c2=O)cc1C. The van der Waals surface area contributed by atoms with Crippen molar-refractivity contribution in [3.05, 3.63) is 91.2 Å². The Labute approximate surface area is 170 Å². The number of ketones is 1. The molecular weight excluding hydrogens is 394 g/mol. The molecule has 4 aromatic rings. The summed E-state index contributed by atoms with van der Waals surface area (Å²) in [7, 11) is 0. The van der Waals surface area contributed by atoms with Crippen LogP contribution in [-0.2, 0) is 6.54 Å². The molecule has 0 unspecified atom stereocenters. The molecule has 0 radical (unpaired) electrons. The maximum absolute atomic E-state index is 13.1. The van der Waals surface area contributed by atoms with Gasteiger partial charge < -0.3 is 4.57 Å². The third-order valence-corrected chi connectivity index (χ3v) is 5.82. The molecule has 0 amide bonds. The van der Waals surface area contributed by atoms with E-state index in [1.54, 1.807) is 24.4 Å². The molecule has 4 rings (SSSR count). The fraction of sp³-hybridized carbons (Fsp3) is 0.143. The largest absolute Gasteiger partial charge is 0.340 e. The molecule has 7 heteroatoms. The molecule has 0 saturated heterocycles. The van der Waals surface area contributed by atoms with E-state index in [1.165, 1.54) is 0 Å². The summed E-state index contributed by atoms with van der Waals surface area (Å²) in [5, 5.41) is 4.53. The van der Waals surface area contributed by atoms with Gasteiger partial charge in [-0.1, -0.05) is 40.4 Å². The Bertz CT molecular complexity index is 1280. The summed E-state index contributed by atoms with van der Waals surface area (Å²) >= 11 is 7.26. The van der Waals surface area contributed by atoms with Crippen LogP contribution >= 0.6 is 23.1 Å². The molecule has 0 bridgehead atoms. The number of hydrogen-bond donors (Lipinski definition) is 0. The smallest absolute Gasteiger partial charge is 0.200 e. The van der Waals surface area contributed by atoms with Crippen LogP contribution in [0.5, 0.6) is 0 Å². The van der Waals surface area contributed by atoms with E-state index < -0.39 is 0 Å². The van der Waals surface area contributed by atoms with Crippen LogP contribution in [0.3, 0.4) is 0 Å². The second kappa shape index (κ2) is 7.30. The maximum atomic E-state index is 13.1. The number of pyridine rings is 1. The van der Waals surface area contributed by atoms with Crippen LogP contribution in [0.4, 0.5) is 0 Å². The average Bonchev–Trinajstić information content (AvgIpc) is 3.10. The molecule has 28 heavy (non-hydrogen) atoms. The Morgan fingerprint density at radius 2 is 1.93 bits per heavy atom. The third-order valence-electron chi connectivity index (χ3n) is 4.83. The summed E-state index contributed by atoms with van der Waals surface area (Å²) in [6.07, 6.45) is 1.60. The molecular formula is C21H16ClN3O2S. The summed E-state index contributed by atoms with van der Waals surface area (Å²) in [6.45, 7) is 4.25. The van der Waals surface area contributed by atoms with Crippen LogP contribution < -0.4 is 5.43 Å². The fourth-order valence-electron chi connectivity index (χ4n) is 3.13. The van der Waals surface area contributed by atoms with Gasteiger partial charge in [-0.3, -0.25) is 9.59 Å². The summed E-state index contributed by atoms with van der Waals surface area (Å²) in [5.74, 6) is -0.296. The molecule has 0 aliphatic carbocycles. The van der Waals surface area contributed by atoms with Crippen LogP contribution in [0.1, 0.15) is 32.7 Å². The van der Waals surface area contributed by atoms with Gasteiger partial charge in [0, 0.05) is 28.7 Å². The minimum Gasteiger partial charge on any atom is -0.340 e. The molecule has 5 nitrogen and oxygen atoms in total. The van der Waals surface area contributed by atoms with Crippen LogP contribution in [-0.4, -0.2) is 19.9 Å². The van der Waals surface area contributed by atoms with E-state index in [9.17, 15) is 9.59 Å². The van der Waals surface area contributed by atoms with Gasteiger partial charge >= 0.3 is 0 Å². The van der Waals surface area contributed by atoms with Crippen molar-refractivity contribution in [2.24, 2.45) is 0 Å². The molecule has 140 valence electrons. The summed E-state index contributed by atoms with van der Waals surface area (Å²) in [5.41, 5.74) is 3.76. The molecule has 0 atom stereocenters. The van der Waals surface area contributed by atoms with E-state index in [4.69, 9.17) is 11.6 Å². The van der Waals surface area contributed by atoms with Gasteiger partial charge in [-0.15, -0.1) is 5.10 Å². The number of halogens is 1. The van der Waals surface area contributed by atoms with Crippen molar-refractivity contribution in [2.45, 2.75) is 20.4 Å². The van der Waals surface area contributed by atoms with Gasteiger partial charge in [0.05, 0.1) is 17.6 Å². The number of aryl methyl sites for hydroxylation is 2. The lowest BCUT2D eigenvalue weighted by Gasteiger charge is -2.12. The number of nitrogens with zero attached hydrogens (tertiary/aromatic N) is 3. The first kappa shape index (κ1) is 18.5. The molecule has 2 aromatic heterocycles. The van der Waals surface area contributed by atoms with Gasteiger partial charge in [0.15, 0.2) is 5.78 Å². The van der Waals surface area contributed by atoms with Crippen LogP contribution in [0.2, 0.25) is 4.34 Å². The lowest BCUT2D eigenvalue weighted by Crippen LogP contribution is -2.20. The molecule has 0 aliphatic heterocycles. The molecule has 0 N–H and O–H groups in total. The minimum absolute atomic E-state index is 0.126. The first-order chi connectivity index (χ1) is 13.5. The number of aromatic nitrogens is 3. The van der Waals surface area contributed by atoms with Crippen LogP contribution in [0.25, 0.3) is 10.9 Å². The van der Waals surface area contributed by atoms with Gasteiger partial charge in [0.1, 0.15) is 10.0 Å². The Morgan fingerprint density at radius 1 is 1.14 bits per heavy atom. The van der Waals surface area contributed by atoms with Gasteiger partial charge in [-0.25, -0.2) is 0 Å². The average molecular weight is 410 g/mol. The molecule has 0 aliphatic rings. The van der Waals surface area contributed by atoms with Gasteiger partial charge in [-0.05, 0) is 43.2 Å². The Balaban J connectivity index is 1.90. The van der Waals surface area contributed by atoms with Crippen molar-refractivity contribution in [1.82, 2.24) is 14.2 Å². The van der Waals surface area contributed by atoms with E-state index in [2.05, 4.69) is 9.59 Å². The molecule has 2 heterocycles. The van der Waals surface area contributed by atoms with Gasteiger partial charge in [0.2, 0.25) is 5.43 Å². The normalized spacial score (nSPS) is 11.1. The monoisotopic (exact) mass is 409 g/mol. The van der Waals surface area contributed by atoms with Crippen LogP contribution in [0, 0.1) is 13.8 Å². The Kier molecular flexibility index (Phi) is 4.83. The highest BCUT2D eigenvalue weighted by Crippen LogP contribution is 2.21. The zero-order chi connectivity index (χ0) is 19.8. The van der Waals surface area contributed by atoms with Crippen molar-refractivity contribution in [2.75, 3.05) is 0 Å². The zero-order valence-corrected chi connectivity index (χ0v) is 16.8. The number of para-hydroxylation sites is 1. The maximum Gasteiger partial charge on any atom is 0.200 e. The fourth-order valence-corrected chi connectivity index (χ4v) is 3.74. The first-order valence-electron chi connectivity index (χ1n) is 8.66. The number of rotatable bonds is 4. The van der Waals surface area contributed by atoms with Crippen molar-refractivity contribution < 1.29 is 4.79 Å². The van der Waals surface area contributed by atoms with Gasteiger partial charge in [0.25, 0.3) is 0 Å². The lowest BCUT2D eigenvalue weighted by molar-refractivity contribution is 0.103. The highest BCUT2D eigenvalue weighted by atomic mass is 35.5. The summed E-state index contributed by atoms with van der Waals surface area (Å²) in [6, 6.07) is 12.7. The van der Waals surface area contributed by atoms with Crippen LogP contribution in [0.15, 0.2) is 53.5 Å². The van der Waals surface area contributed by atoms with Crippen molar-refractivity contribution in [1.29, 1.82) is 0 Å². The van der Waals surface area contributed by atoms with E-state index >= 15 is 0 Å². The predicted molar refractivity (Wildman–Crippen MR) is 112 cm³/mol. The van der Waals surface area contributed by atoms with Crippen molar-refractivity contribution >= 4 is 39.8 Å². The molecule has 2 aromatic carbocycles. The first-order valence-corrected chi connectivity index (χ1v) is 9.81. The second-order valence-electron chi connectivity index (χ2n) is 6.64. The second-order valence-corrected chi connectivity index (χ2v) is 7.99. The van der Waals surface area contributed by atoms with E-state index in [0.717, 1.165) is 22.7 Å². The van der Waals surface area contributed by atoms with E-state index in [-0.39, 0.29) is 16.8 Å². The zero-order valence-electron chi connectivity index (χ0n) is 15.3. The topological polar surface area (TPSA) is 64.8 Å².